The average molecular weight is 182 g/mol. The Balaban J connectivity index is 0.00000144. The molecule has 0 bridgehead atoms. The molecule has 0 saturated heterocycles. The van der Waals surface area contributed by atoms with E-state index in [4.69, 9.17) is 10.2 Å². The Morgan fingerprint density at radius 3 is 2.23 bits per heavy atom. The highest BCUT2D eigenvalue weighted by molar-refractivity contribution is 5.40. The molecule has 1 aromatic carbocycles. The zero-order valence-electron chi connectivity index (χ0n) is 7.41. The van der Waals surface area contributed by atoms with E-state index in [-0.39, 0.29) is 18.9 Å². The quantitative estimate of drug-likeness (QED) is 0.690. The van der Waals surface area contributed by atoms with Crippen molar-refractivity contribution in [2.45, 2.75) is 27.7 Å². The summed E-state index contributed by atoms with van der Waals surface area (Å²) < 4.78 is 0. The molecular weight excluding hydrogens is 164 g/mol. The maximum atomic E-state index is 9.16. The predicted octanol–water partition coefficient (Wildman–Crippen LogP) is 2.93. The first-order chi connectivity index (χ1) is 5.59. The highest BCUT2D eigenvalue weighted by atomic mass is 16.3. The maximum absolute atomic E-state index is 9.16. The summed E-state index contributed by atoms with van der Waals surface area (Å²) in [6.45, 7) is 4.23. The van der Waals surface area contributed by atoms with Crippen LogP contribution in [0.15, 0.2) is 18.2 Å². The van der Waals surface area contributed by atoms with Crippen LogP contribution in [0.3, 0.4) is 0 Å². The third-order valence-electron chi connectivity index (χ3n) is 1.68. The fourth-order valence-corrected chi connectivity index (χ4v) is 1.17. The molecule has 2 heteroatoms. The summed E-state index contributed by atoms with van der Waals surface area (Å²) in [5.41, 5.74) is 1.06. The predicted molar refractivity (Wildman–Crippen MR) is 55.0 cm³/mol. The van der Waals surface area contributed by atoms with Crippen molar-refractivity contribution in [3.63, 3.8) is 0 Å². The number of hydrogen-bond donors (Lipinski definition) is 2. The highest BCUT2D eigenvalue weighted by Gasteiger charge is 2.01. The van der Waals surface area contributed by atoms with Crippen LogP contribution in [0.5, 0.6) is 11.5 Å². The molecule has 1 rings (SSSR count). The summed E-state index contributed by atoms with van der Waals surface area (Å²) in [5.74, 6) is 0.476. The van der Waals surface area contributed by atoms with Gasteiger partial charge in [-0.05, 0) is 30.0 Å². The molecule has 0 radical (unpaired) electrons. The topological polar surface area (TPSA) is 40.5 Å². The van der Waals surface area contributed by atoms with Gasteiger partial charge in [-0.15, -0.1) is 0 Å². The van der Waals surface area contributed by atoms with Gasteiger partial charge in [-0.3, -0.25) is 0 Å². The van der Waals surface area contributed by atoms with E-state index in [2.05, 4.69) is 13.8 Å². The van der Waals surface area contributed by atoms with Crippen LogP contribution in [-0.4, -0.2) is 10.2 Å². The first-order valence-electron chi connectivity index (χ1n) is 4.10. The molecule has 0 saturated carbocycles. The summed E-state index contributed by atoms with van der Waals surface area (Å²) >= 11 is 0. The molecule has 74 valence electrons. The van der Waals surface area contributed by atoms with Gasteiger partial charge in [0, 0.05) is 0 Å². The van der Waals surface area contributed by atoms with Gasteiger partial charge in [-0.2, -0.15) is 0 Å². The van der Waals surface area contributed by atoms with Crippen molar-refractivity contribution >= 4 is 0 Å². The van der Waals surface area contributed by atoms with E-state index in [0.29, 0.717) is 5.92 Å². The fraction of sp³-hybridized carbons (Fsp3) is 0.455. The molecule has 0 unspecified atom stereocenters. The highest BCUT2D eigenvalue weighted by Crippen LogP contribution is 2.25. The van der Waals surface area contributed by atoms with Crippen LogP contribution in [0, 0.1) is 5.92 Å². The summed E-state index contributed by atoms with van der Waals surface area (Å²) in [4.78, 5) is 0. The van der Waals surface area contributed by atoms with Crippen LogP contribution in [0.1, 0.15) is 26.8 Å². The van der Waals surface area contributed by atoms with Crippen molar-refractivity contribution < 1.29 is 10.2 Å². The smallest absolute Gasteiger partial charge is 0.157 e. The molecule has 0 heterocycles. The summed E-state index contributed by atoms with van der Waals surface area (Å²) in [5, 5.41) is 18.2. The van der Waals surface area contributed by atoms with Gasteiger partial charge in [0.2, 0.25) is 0 Å². The lowest BCUT2D eigenvalue weighted by Gasteiger charge is -2.05. The number of phenols is 2. The molecule has 13 heavy (non-hydrogen) atoms. The normalized spacial score (nSPS) is 9.77. The molecule has 0 amide bonds. The molecule has 0 atom stereocenters. The minimum atomic E-state index is -0.0532. The molecule has 2 N–H and O–H groups in total. The lowest BCUT2D eigenvalue weighted by molar-refractivity contribution is 0.403. The number of benzene rings is 1. The number of aromatic hydroxyl groups is 2. The minimum absolute atomic E-state index is 0. The third kappa shape index (κ3) is 3.36. The van der Waals surface area contributed by atoms with Gasteiger partial charge < -0.3 is 10.2 Å². The molecular formula is C11H18O2. The van der Waals surface area contributed by atoms with Gasteiger partial charge >= 0.3 is 0 Å². The van der Waals surface area contributed by atoms with Crippen molar-refractivity contribution in [2.24, 2.45) is 5.92 Å². The standard InChI is InChI=1S/C10H14O2.CH4/c1-7(2)5-8-3-4-9(11)10(12)6-8;/h3-4,6-7,11-12H,5H2,1-2H3;1H4. The maximum Gasteiger partial charge on any atom is 0.157 e. The second kappa shape index (κ2) is 4.75. The largest absolute Gasteiger partial charge is 0.504 e. The third-order valence-corrected chi connectivity index (χ3v) is 1.68. The summed E-state index contributed by atoms with van der Waals surface area (Å²) in [7, 11) is 0. The minimum Gasteiger partial charge on any atom is -0.504 e. The van der Waals surface area contributed by atoms with Crippen molar-refractivity contribution in [3.8, 4) is 11.5 Å². The Hall–Kier alpha value is -1.18. The van der Waals surface area contributed by atoms with E-state index < -0.39 is 0 Å². The van der Waals surface area contributed by atoms with E-state index >= 15 is 0 Å². The van der Waals surface area contributed by atoms with Gasteiger partial charge in [0.15, 0.2) is 11.5 Å². The molecule has 0 aliphatic rings. The second-order valence-corrected chi connectivity index (χ2v) is 3.42. The molecule has 0 fully saturated rings. The van der Waals surface area contributed by atoms with Gasteiger partial charge in [-0.25, -0.2) is 0 Å². The van der Waals surface area contributed by atoms with E-state index in [1.807, 2.05) is 6.07 Å². The van der Waals surface area contributed by atoms with Crippen molar-refractivity contribution in [1.82, 2.24) is 0 Å². The van der Waals surface area contributed by atoms with Crippen LogP contribution in [-0.2, 0) is 6.42 Å². The first-order valence-corrected chi connectivity index (χ1v) is 4.10. The van der Waals surface area contributed by atoms with E-state index in [1.54, 1.807) is 6.07 Å². The second-order valence-electron chi connectivity index (χ2n) is 3.42. The average Bonchev–Trinajstić information content (AvgIpc) is 1.96. The number of phenolic OH excluding ortho intramolecular Hbond substituents is 2. The van der Waals surface area contributed by atoms with E-state index in [9.17, 15) is 0 Å². The molecule has 1 aromatic rings. The van der Waals surface area contributed by atoms with Gasteiger partial charge in [0.25, 0.3) is 0 Å². The Kier molecular flexibility index (Phi) is 4.32. The lowest BCUT2D eigenvalue weighted by Crippen LogP contribution is -1.92. The van der Waals surface area contributed by atoms with Crippen LogP contribution in [0.2, 0.25) is 0 Å². The summed E-state index contributed by atoms with van der Waals surface area (Å²) in [6.07, 6.45) is 0.924. The monoisotopic (exact) mass is 182 g/mol. The van der Waals surface area contributed by atoms with Crippen LogP contribution in [0.4, 0.5) is 0 Å². The van der Waals surface area contributed by atoms with Gasteiger partial charge in [-0.1, -0.05) is 27.3 Å². The Morgan fingerprint density at radius 2 is 1.77 bits per heavy atom. The van der Waals surface area contributed by atoms with Gasteiger partial charge in [0.05, 0.1) is 0 Å². The lowest BCUT2D eigenvalue weighted by atomic mass is 10.0. The van der Waals surface area contributed by atoms with Crippen molar-refractivity contribution in [3.05, 3.63) is 23.8 Å². The Morgan fingerprint density at radius 1 is 1.15 bits per heavy atom. The van der Waals surface area contributed by atoms with Crippen LogP contribution >= 0.6 is 0 Å². The molecule has 0 aliphatic carbocycles. The Bertz CT molecular complexity index is 267. The van der Waals surface area contributed by atoms with Crippen molar-refractivity contribution in [1.29, 1.82) is 0 Å². The fourth-order valence-electron chi connectivity index (χ4n) is 1.17. The van der Waals surface area contributed by atoms with Crippen LogP contribution < -0.4 is 0 Å². The zero-order valence-corrected chi connectivity index (χ0v) is 7.41. The molecule has 0 aromatic heterocycles. The number of hydrogen-bond acceptors (Lipinski definition) is 2. The van der Waals surface area contributed by atoms with E-state index in [0.717, 1.165) is 12.0 Å². The Labute approximate surface area is 79.9 Å². The zero-order chi connectivity index (χ0) is 9.14. The molecule has 2 nitrogen and oxygen atoms in total. The summed E-state index contributed by atoms with van der Waals surface area (Å²) in [6, 6.07) is 4.96. The molecule has 0 aliphatic heterocycles. The SMILES string of the molecule is C.CC(C)Cc1ccc(O)c(O)c1. The first kappa shape index (κ1) is 11.8. The van der Waals surface area contributed by atoms with Crippen molar-refractivity contribution in [2.75, 3.05) is 0 Å². The number of rotatable bonds is 2. The van der Waals surface area contributed by atoms with Crippen LogP contribution in [0.25, 0.3) is 0 Å². The van der Waals surface area contributed by atoms with Gasteiger partial charge in [0.1, 0.15) is 0 Å². The van der Waals surface area contributed by atoms with E-state index in [1.165, 1.54) is 6.07 Å². The molecule has 0 spiro atoms.